The van der Waals surface area contributed by atoms with Gasteiger partial charge in [0.05, 0.1) is 15.9 Å². The molecule has 4 amide bonds. The molecule has 1 saturated heterocycles. The summed E-state index contributed by atoms with van der Waals surface area (Å²) >= 11 is 2.01. The lowest BCUT2D eigenvalue weighted by molar-refractivity contribution is -0.145. The van der Waals surface area contributed by atoms with Crippen LogP contribution >= 0.6 is 22.6 Å². The Morgan fingerprint density at radius 2 is 1.97 bits per heavy atom. The molecular weight excluding hydrogens is 548 g/mol. The predicted octanol–water partition coefficient (Wildman–Crippen LogP) is 2.90. The van der Waals surface area contributed by atoms with Crippen molar-refractivity contribution in [2.24, 2.45) is 0 Å². The second-order valence-electron chi connectivity index (χ2n) is 6.69. The van der Waals surface area contributed by atoms with E-state index >= 15 is 0 Å². The van der Waals surface area contributed by atoms with Crippen LogP contribution in [0.3, 0.4) is 0 Å². The van der Waals surface area contributed by atoms with Gasteiger partial charge in [0.25, 0.3) is 5.91 Å². The molecule has 1 aliphatic rings. The SMILES string of the molecule is CCOC(=O)COc1ccc(/C=C2/NC(=O)N(CC(=O)Nc3ccccc3F)C2=O)cc1I. The number of ether oxygens (including phenoxy) is 2. The molecule has 0 aliphatic carbocycles. The quantitative estimate of drug-likeness (QED) is 0.220. The van der Waals surface area contributed by atoms with Crippen molar-refractivity contribution in [2.75, 3.05) is 25.1 Å². The molecule has 0 atom stereocenters. The smallest absolute Gasteiger partial charge is 0.344 e. The maximum Gasteiger partial charge on any atom is 0.344 e. The fraction of sp³-hybridized carbons (Fsp3) is 0.182. The van der Waals surface area contributed by atoms with E-state index in [1.165, 1.54) is 24.3 Å². The van der Waals surface area contributed by atoms with Crippen molar-refractivity contribution < 1.29 is 33.0 Å². The van der Waals surface area contributed by atoms with Gasteiger partial charge in [0.2, 0.25) is 5.91 Å². The van der Waals surface area contributed by atoms with Crippen LogP contribution in [0.15, 0.2) is 48.2 Å². The van der Waals surface area contributed by atoms with Gasteiger partial charge in [-0.15, -0.1) is 0 Å². The fourth-order valence-corrected chi connectivity index (χ4v) is 3.54. The first-order chi connectivity index (χ1) is 15.8. The number of hydrogen-bond acceptors (Lipinski definition) is 6. The molecule has 33 heavy (non-hydrogen) atoms. The third-order valence-corrected chi connectivity index (χ3v) is 5.17. The summed E-state index contributed by atoms with van der Waals surface area (Å²) in [5.74, 6) is -2.08. The van der Waals surface area contributed by atoms with Crippen LogP contribution in [0.25, 0.3) is 6.08 Å². The second-order valence-corrected chi connectivity index (χ2v) is 7.85. The van der Waals surface area contributed by atoms with E-state index in [1.807, 2.05) is 22.6 Å². The number of benzene rings is 2. The summed E-state index contributed by atoms with van der Waals surface area (Å²) in [7, 11) is 0. The zero-order valence-corrected chi connectivity index (χ0v) is 19.6. The lowest BCUT2D eigenvalue weighted by atomic mass is 10.2. The van der Waals surface area contributed by atoms with Crippen LogP contribution < -0.4 is 15.4 Å². The Bertz CT molecular complexity index is 1140. The zero-order valence-electron chi connectivity index (χ0n) is 17.4. The average molecular weight is 567 g/mol. The van der Waals surface area contributed by atoms with Gasteiger partial charge in [-0.1, -0.05) is 18.2 Å². The molecule has 3 rings (SSSR count). The highest BCUT2D eigenvalue weighted by Gasteiger charge is 2.35. The number of carbonyl (C=O) groups excluding carboxylic acids is 4. The van der Waals surface area contributed by atoms with E-state index in [4.69, 9.17) is 9.47 Å². The number of hydrogen-bond donors (Lipinski definition) is 2. The number of nitrogens with zero attached hydrogens (tertiary/aromatic N) is 1. The molecule has 1 fully saturated rings. The number of rotatable bonds is 8. The van der Waals surface area contributed by atoms with E-state index in [0.29, 0.717) is 14.9 Å². The largest absolute Gasteiger partial charge is 0.481 e. The van der Waals surface area contributed by atoms with Gasteiger partial charge in [0.1, 0.15) is 23.8 Å². The van der Waals surface area contributed by atoms with Crippen molar-refractivity contribution in [3.05, 3.63) is 63.1 Å². The molecule has 2 aromatic rings. The van der Waals surface area contributed by atoms with Crippen LogP contribution in [0.5, 0.6) is 5.75 Å². The minimum Gasteiger partial charge on any atom is -0.481 e. The lowest BCUT2D eigenvalue weighted by Crippen LogP contribution is -2.38. The Hall–Kier alpha value is -3.48. The minimum absolute atomic E-state index is 0.0188. The number of amides is 4. The highest BCUT2D eigenvalue weighted by molar-refractivity contribution is 14.1. The number of para-hydroxylation sites is 1. The van der Waals surface area contributed by atoms with Crippen LogP contribution in [0, 0.1) is 9.39 Å². The number of carbonyl (C=O) groups is 4. The maximum absolute atomic E-state index is 13.7. The number of imide groups is 1. The van der Waals surface area contributed by atoms with Crippen molar-refractivity contribution in [2.45, 2.75) is 6.92 Å². The number of urea groups is 1. The van der Waals surface area contributed by atoms with Crippen molar-refractivity contribution in [1.82, 2.24) is 10.2 Å². The summed E-state index contributed by atoms with van der Waals surface area (Å²) in [4.78, 5) is 49.2. The first kappa shape index (κ1) is 24.2. The van der Waals surface area contributed by atoms with E-state index in [2.05, 4.69) is 10.6 Å². The third kappa shape index (κ3) is 6.28. The van der Waals surface area contributed by atoms with Crippen LogP contribution in [0.1, 0.15) is 12.5 Å². The molecule has 0 spiro atoms. The van der Waals surface area contributed by atoms with Crippen LogP contribution in [-0.4, -0.2) is 48.5 Å². The number of nitrogens with one attached hydrogen (secondary N) is 2. The van der Waals surface area contributed by atoms with Crippen LogP contribution in [-0.2, 0) is 19.1 Å². The third-order valence-electron chi connectivity index (χ3n) is 4.33. The second kappa shape index (κ2) is 10.9. The molecule has 2 N–H and O–H groups in total. The van der Waals surface area contributed by atoms with Gasteiger partial charge in [0.15, 0.2) is 6.61 Å². The van der Waals surface area contributed by atoms with Crippen LogP contribution in [0.2, 0.25) is 0 Å². The van der Waals surface area contributed by atoms with Gasteiger partial charge in [-0.05, 0) is 65.4 Å². The Balaban J connectivity index is 1.65. The summed E-state index contributed by atoms with van der Waals surface area (Å²) < 4.78 is 24.6. The van der Waals surface area contributed by atoms with Crippen LogP contribution in [0.4, 0.5) is 14.9 Å². The predicted molar refractivity (Wildman–Crippen MR) is 125 cm³/mol. The molecule has 0 aromatic heterocycles. The van der Waals surface area contributed by atoms with E-state index in [0.717, 1.165) is 4.90 Å². The highest BCUT2D eigenvalue weighted by Crippen LogP contribution is 2.24. The molecule has 1 heterocycles. The minimum atomic E-state index is -0.765. The van der Waals surface area contributed by atoms with Gasteiger partial charge in [0, 0.05) is 0 Å². The molecule has 172 valence electrons. The zero-order chi connectivity index (χ0) is 24.0. The summed E-state index contributed by atoms with van der Waals surface area (Å²) in [6, 6.07) is 9.75. The first-order valence-electron chi connectivity index (χ1n) is 9.75. The Morgan fingerprint density at radius 3 is 2.67 bits per heavy atom. The van der Waals surface area contributed by atoms with Crippen molar-refractivity contribution in [1.29, 1.82) is 0 Å². The Morgan fingerprint density at radius 1 is 1.21 bits per heavy atom. The van der Waals surface area contributed by atoms with E-state index < -0.39 is 36.2 Å². The summed E-state index contributed by atoms with van der Waals surface area (Å²) in [5.41, 5.74) is 0.518. The maximum atomic E-state index is 13.7. The highest BCUT2D eigenvalue weighted by atomic mass is 127. The molecule has 0 saturated carbocycles. The van der Waals surface area contributed by atoms with Crippen molar-refractivity contribution in [3.63, 3.8) is 0 Å². The molecular formula is C22H19FIN3O6. The molecule has 2 aromatic carbocycles. The van der Waals surface area contributed by atoms with Gasteiger partial charge >= 0.3 is 12.0 Å². The van der Waals surface area contributed by atoms with Crippen molar-refractivity contribution >= 4 is 58.2 Å². The molecule has 11 heteroatoms. The average Bonchev–Trinajstić information content (AvgIpc) is 3.02. The fourth-order valence-electron chi connectivity index (χ4n) is 2.84. The molecule has 9 nitrogen and oxygen atoms in total. The molecule has 0 bridgehead atoms. The van der Waals surface area contributed by atoms with E-state index in [-0.39, 0.29) is 24.6 Å². The van der Waals surface area contributed by atoms with Gasteiger partial charge in [-0.25, -0.2) is 18.9 Å². The van der Waals surface area contributed by atoms with E-state index in [1.54, 1.807) is 31.2 Å². The summed E-state index contributed by atoms with van der Waals surface area (Å²) in [5, 5.41) is 4.75. The lowest BCUT2D eigenvalue weighted by Gasteiger charge is -2.12. The van der Waals surface area contributed by atoms with Gasteiger partial charge in [-0.3, -0.25) is 9.59 Å². The number of halogens is 2. The summed E-state index contributed by atoms with van der Waals surface area (Å²) in [6.07, 6.45) is 1.45. The van der Waals surface area contributed by atoms with Crippen molar-refractivity contribution in [3.8, 4) is 5.75 Å². The Labute approximate surface area is 202 Å². The first-order valence-corrected chi connectivity index (χ1v) is 10.8. The topological polar surface area (TPSA) is 114 Å². The standard InChI is InChI=1S/C22H19FIN3O6/c1-2-32-20(29)12-33-18-8-7-13(9-15(18)24)10-17-21(30)27(22(31)26-17)11-19(28)25-16-6-4-3-5-14(16)23/h3-10H,2,11-12H2,1H3,(H,25,28)(H,26,31)/b17-10+. The molecule has 1 aliphatic heterocycles. The van der Waals surface area contributed by atoms with E-state index in [9.17, 15) is 23.6 Å². The summed E-state index contributed by atoms with van der Waals surface area (Å²) in [6.45, 7) is 1.15. The normalized spacial score (nSPS) is 14.3. The van der Waals surface area contributed by atoms with Gasteiger partial charge < -0.3 is 20.1 Å². The number of esters is 1. The molecule has 0 radical (unpaired) electrons. The number of anilines is 1. The molecule has 0 unspecified atom stereocenters. The monoisotopic (exact) mass is 567 g/mol. The van der Waals surface area contributed by atoms with Gasteiger partial charge in [-0.2, -0.15) is 0 Å². The Kier molecular flexibility index (Phi) is 7.98.